The minimum Gasteiger partial charge on any atom is -0.349 e. The number of nitriles is 2. The first-order valence-corrected chi connectivity index (χ1v) is 8.83. The maximum atomic E-state index is 11.8. The van der Waals surface area contributed by atoms with Crippen LogP contribution in [0.5, 0.6) is 0 Å². The Balaban J connectivity index is 2.39. The van der Waals surface area contributed by atoms with E-state index in [0.717, 1.165) is 5.56 Å². The molecule has 9 heteroatoms. The third-order valence-corrected chi connectivity index (χ3v) is 4.11. The van der Waals surface area contributed by atoms with Crippen molar-refractivity contribution in [2.45, 2.75) is 32.6 Å². The van der Waals surface area contributed by atoms with Gasteiger partial charge in [0.15, 0.2) is 0 Å². The Morgan fingerprint density at radius 2 is 1.75 bits per heavy atom. The Kier molecular flexibility index (Phi) is 7.23. The molecule has 9 nitrogen and oxygen atoms in total. The highest BCUT2D eigenvalue weighted by Crippen LogP contribution is 2.34. The Morgan fingerprint density at radius 3 is 2.25 bits per heavy atom. The molecule has 0 radical (unpaired) electrons. The van der Waals surface area contributed by atoms with Crippen LogP contribution in [-0.4, -0.2) is 28.0 Å². The summed E-state index contributed by atoms with van der Waals surface area (Å²) < 4.78 is 0. The minimum absolute atomic E-state index is 0.0613. The van der Waals surface area contributed by atoms with E-state index >= 15 is 0 Å². The lowest BCUT2D eigenvalue weighted by Crippen LogP contribution is -2.27. The molecule has 0 unspecified atom stereocenters. The van der Waals surface area contributed by atoms with Crippen LogP contribution in [0.3, 0.4) is 0 Å². The van der Waals surface area contributed by atoms with Crippen LogP contribution in [0.1, 0.15) is 38.2 Å². The van der Waals surface area contributed by atoms with Crippen molar-refractivity contribution in [1.29, 1.82) is 10.5 Å². The molecule has 0 saturated carbocycles. The molecule has 0 amide bonds. The van der Waals surface area contributed by atoms with E-state index in [2.05, 4.69) is 29.1 Å². The molecule has 0 aliphatic carbocycles. The molecule has 0 bridgehead atoms. The van der Waals surface area contributed by atoms with Crippen LogP contribution in [0.4, 0.5) is 23.0 Å². The number of anilines is 3. The third-order valence-electron chi connectivity index (χ3n) is 4.11. The van der Waals surface area contributed by atoms with Crippen molar-refractivity contribution in [3.63, 3.8) is 0 Å². The lowest BCUT2D eigenvalue weighted by molar-refractivity contribution is -0.383. The lowest BCUT2D eigenvalue weighted by Gasteiger charge is -2.21. The Hall–Kier alpha value is -3.72. The first-order chi connectivity index (χ1) is 13.5. The normalized spacial score (nSPS) is 10.2. The van der Waals surface area contributed by atoms with Gasteiger partial charge in [-0.3, -0.25) is 10.1 Å². The smallest absolute Gasteiger partial charge is 0.349 e. The average molecular weight is 379 g/mol. The zero-order valence-electron chi connectivity index (χ0n) is 15.8. The van der Waals surface area contributed by atoms with Crippen LogP contribution in [-0.2, 0) is 0 Å². The van der Waals surface area contributed by atoms with Crippen LogP contribution in [0, 0.1) is 32.8 Å². The third kappa shape index (κ3) is 5.15. The van der Waals surface area contributed by atoms with Gasteiger partial charge in [-0.05, 0) is 23.6 Å². The van der Waals surface area contributed by atoms with Crippen molar-refractivity contribution >= 4 is 23.0 Å². The summed E-state index contributed by atoms with van der Waals surface area (Å²) in [5.41, 5.74) is 1.53. The van der Waals surface area contributed by atoms with Crippen LogP contribution in [0.2, 0.25) is 0 Å². The maximum Gasteiger partial charge on any atom is 0.353 e. The Morgan fingerprint density at radius 1 is 1.14 bits per heavy atom. The summed E-state index contributed by atoms with van der Waals surface area (Å²) >= 11 is 0. The van der Waals surface area contributed by atoms with Gasteiger partial charge < -0.3 is 10.2 Å². The van der Waals surface area contributed by atoms with E-state index in [1.807, 2.05) is 36.4 Å². The molecule has 0 fully saturated rings. The largest absolute Gasteiger partial charge is 0.353 e. The molecule has 2 aromatic rings. The average Bonchev–Trinajstić information content (AvgIpc) is 2.68. The van der Waals surface area contributed by atoms with E-state index in [-0.39, 0.29) is 43.3 Å². The van der Waals surface area contributed by atoms with Crippen LogP contribution in [0.15, 0.2) is 30.6 Å². The summed E-state index contributed by atoms with van der Waals surface area (Å²) in [4.78, 5) is 20.9. The fourth-order valence-corrected chi connectivity index (χ4v) is 2.64. The number of aromatic nitrogens is 2. The molecule has 1 heterocycles. The molecule has 28 heavy (non-hydrogen) atoms. The molecule has 0 atom stereocenters. The highest BCUT2D eigenvalue weighted by atomic mass is 16.6. The SMILES string of the molecule is CC(C)c1ccc(Nc2ncnc(N(CCC#N)CCC#N)c2[N+](=O)[O-])cc1. The number of rotatable bonds is 9. The van der Waals surface area contributed by atoms with Crippen LogP contribution >= 0.6 is 0 Å². The molecule has 144 valence electrons. The zero-order chi connectivity index (χ0) is 20.5. The number of hydrogen-bond acceptors (Lipinski definition) is 8. The first kappa shape index (κ1) is 20.6. The summed E-state index contributed by atoms with van der Waals surface area (Å²) in [5, 5.41) is 32.4. The highest BCUT2D eigenvalue weighted by Gasteiger charge is 2.27. The van der Waals surface area contributed by atoms with Crippen LogP contribution < -0.4 is 10.2 Å². The fraction of sp³-hybridized carbons (Fsp3) is 0.368. The predicted octanol–water partition coefficient (Wildman–Crippen LogP) is 3.89. The van der Waals surface area contributed by atoms with E-state index in [1.54, 1.807) is 4.90 Å². The van der Waals surface area contributed by atoms with E-state index in [1.165, 1.54) is 6.33 Å². The predicted molar refractivity (Wildman–Crippen MR) is 105 cm³/mol. The van der Waals surface area contributed by atoms with Gasteiger partial charge in [-0.1, -0.05) is 26.0 Å². The van der Waals surface area contributed by atoms with Crippen molar-refractivity contribution in [1.82, 2.24) is 9.97 Å². The van der Waals surface area contributed by atoms with Crippen molar-refractivity contribution < 1.29 is 4.92 Å². The molecule has 0 aliphatic heterocycles. The number of nitro groups is 1. The van der Waals surface area contributed by atoms with E-state index in [9.17, 15) is 10.1 Å². The van der Waals surface area contributed by atoms with E-state index in [4.69, 9.17) is 10.5 Å². The minimum atomic E-state index is -0.550. The number of hydrogen-bond donors (Lipinski definition) is 1. The Labute approximate surface area is 163 Å². The van der Waals surface area contributed by atoms with Gasteiger partial charge in [0.25, 0.3) is 0 Å². The highest BCUT2D eigenvalue weighted by molar-refractivity contribution is 5.74. The topological polar surface area (TPSA) is 132 Å². The quantitative estimate of drug-likeness (QED) is 0.512. The molecule has 0 aliphatic rings. The second-order valence-corrected chi connectivity index (χ2v) is 6.36. The van der Waals surface area contributed by atoms with Gasteiger partial charge in [0, 0.05) is 18.8 Å². The molecule has 1 N–H and O–H groups in total. The monoisotopic (exact) mass is 379 g/mol. The van der Waals surface area contributed by atoms with Gasteiger partial charge in [-0.2, -0.15) is 10.5 Å². The van der Waals surface area contributed by atoms with Crippen molar-refractivity contribution in [3.8, 4) is 12.1 Å². The summed E-state index contributed by atoms with van der Waals surface area (Å²) in [6.45, 7) is 4.64. The van der Waals surface area contributed by atoms with Crippen molar-refractivity contribution in [2.24, 2.45) is 0 Å². The molecule has 1 aromatic heterocycles. The zero-order valence-corrected chi connectivity index (χ0v) is 15.8. The summed E-state index contributed by atoms with van der Waals surface area (Å²) in [6, 6.07) is 11.6. The van der Waals surface area contributed by atoms with Crippen molar-refractivity contribution in [3.05, 3.63) is 46.3 Å². The maximum absolute atomic E-state index is 11.8. The van der Waals surface area contributed by atoms with Gasteiger partial charge in [0.2, 0.25) is 11.6 Å². The van der Waals surface area contributed by atoms with Gasteiger partial charge in [-0.25, -0.2) is 9.97 Å². The lowest BCUT2D eigenvalue weighted by atomic mass is 10.0. The van der Waals surface area contributed by atoms with Gasteiger partial charge >= 0.3 is 5.69 Å². The molecule has 1 aromatic carbocycles. The summed E-state index contributed by atoms with van der Waals surface area (Å²) in [6.07, 6.45) is 1.55. The standard InChI is InChI=1S/C19H21N7O2/c1-14(2)15-5-7-16(8-6-15)24-18-17(26(27)28)19(23-13-22-18)25(11-3-9-20)12-4-10-21/h5-8,13-14H,3-4,11-12H2,1-2H3,(H,22,23,24). The Bertz CT molecular complexity index is 880. The number of nitrogens with one attached hydrogen (secondary N) is 1. The molecular weight excluding hydrogens is 358 g/mol. The summed E-state index contributed by atoms with van der Waals surface area (Å²) in [5.74, 6) is 0.529. The van der Waals surface area contributed by atoms with Gasteiger partial charge in [0.1, 0.15) is 6.33 Å². The molecule has 2 rings (SSSR count). The van der Waals surface area contributed by atoms with E-state index in [0.29, 0.717) is 11.6 Å². The van der Waals surface area contributed by atoms with Gasteiger partial charge in [-0.15, -0.1) is 0 Å². The fourth-order valence-electron chi connectivity index (χ4n) is 2.64. The van der Waals surface area contributed by atoms with Crippen LogP contribution in [0.25, 0.3) is 0 Å². The van der Waals surface area contributed by atoms with Crippen molar-refractivity contribution in [2.75, 3.05) is 23.3 Å². The molecule has 0 spiro atoms. The molecule has 0 saturated heterocycles. The molecular formula is C19H21N7O2. The first-order valence-electron chi connectivity index (χ1n) is 8.83. The summed E-state index contributed by atoms with van der Waals surface area (Å²) in [7, 11) is 0. The second-order valence-electron chi connectivity index (χ2n) is 6.36. The van der Waals surface area contributed by atoms with E-state index < -0.39 is 4.92 Å². The number of nitrogens with zero attached hydrogens (tertiary/aromatic N) is 6. The van der Waals surface area contributed by atoms with Gasteiger partial charge in [0.05, 0.1) is 29.9 Å². The number of benzene rings is 1. The second kappa shape index (κ2) is 9.83.